The van der Waals surface area contributed by atoms with Crippen LogP contribution in [0.1, 0.15) is 18.9 Å². The summed E-state index contributed by atoms with van der Waals surface area (Å²) in [6.07, 6.45) is -0.0116. The monoisotopic (exact) mass is 459 g/mol. The fourth-order valence-electron chi connectivity index (χ4n) is 3.80. The standard InChI is InChI=1S/C26H25N3O3S/c1-2-32-22-15-13-20(14-16-22)27-24(30)17-23-25(31)29(21-11-7-4-8-12-21)26(33)28(23)18-19-9-5-3-6-10-19/h3-16,23H,2,17-18H2,1H3,(H,27,30). The fourth-order valence-corrected chi connectivity index (χ4v) is 4.18. The van der Waals surface area contributed by atoms with Gasteiger partial charge in [0.2, 0.25) is 5.91 Å². The van der Waals surface area contributed by atoms with Crippen molar-refractivity contribution in [2.75, 3.05) is 16.8 Å². The number of benzene rings is 3. The van der Waals surface area contributed by atoms with Gasteiger partial charge in [0, 0.05) is 12.2 Å². The van der Waals surface area contributed by atoms with E-state index in [1.165, 1.54) is 4.90 Å². The maximum atomic E-state index is 13.4. The number of ether oxygens (including phenoxy) is 1. The Morgan fingerprint density at radius 2 is 1.61 bits per heavy atom. The summed E-state index contributed by atoms with van der Waals surface area (Å²) >= 11 is 5.70. The average molecular weight is 460 g/mol. The van der Waals surface area contributed by atoms with E-state index in [9.17, 15) is 9.59 Å². The number of carbonyl (C=O) groups is 2. The van der Waals surface area contributed by atoms with E-state index in [2.05, 4.69) is 5.32 Å². The average Bonchev–Trinajstić information content (AvgIpc) is 3.05. The number of hydrogen-bond donors (Lipinski definition) is 1. The molecule has 1 aliphatic rings. The molecule has 3 aromatic carbocycles. The third-order valence-corrected chi connectivity index (χ3v) is 5.77. The number of nitrogens with zero attached hydrogens (tertiary/aromatic N) is 2. The van der Waals surface area contributed by atoms with Gasteiger partial charge >= 0.3 is 0 Å². The molecule has 1 heterocycles. The van der Waals surface area contributed by atoms with Crippen LogP contribution >= 0.6 is 12.2 Å². The van der Waals surface area contributed by atoms with E-state index in [0.29, 0.717) is 29.6 Å². The first kappa shape index (κ1) is 22.5. The molecule has 1 fully saturated rings. The van der Waals surface area contributed by atoms with Gasteiger partial charge in [0.1, 0.15) is 11.8 Å². The molecule has 1 atom stereocenters. The van der Waals surface area contributed by atoms with Crippen molar-refractivity contribution in [2.45, 2.75) is 25.9 Å². The molecule has 6 nitrogen and oxygen atoms in total. The molecule has 7 heteroatoms. The highest BCUT2D eigenvalue weighted by atomic mass is 32.1. The van der Waals surface area contributed by atoms with E-state index in [-0.39, 0.29) is 18.2 Å². The van der Waals surface area contributed by atoms with Crippen LogP contribution < -0.4 is 15.0 Å². The van der Waals surface area contributed by atoms with Gasteiger partial charge in [-0.25, -0.2) is 0 Å². The molecule has 33 heavy (non-hydrogen) atoms. The first-order valence-corrected chi connectivity index (χ1v) is 11.2. The van der Waals surface area contributed by atoms with Crippen LogP contribution in [0, 0.1) is 0 Å². The number of nitrogens with one attached hydrogen (secondary N) is 1. The summed E-state index contributed by atoms with van der Waals surface area (Å²) in [6, 6.07) is 25.5. The Hall–Kier alpha value is -3.71. The minimum absolute atomic E-state index is 0.0116. The number of rotatable bonds is 8. The third-order valence-electron chi connectivity index (χ3n) is 5.36. The summed E-state index contributed by atoms with van der Waals surface area (Å²) in [5, 5.41) is 3.27. The first-order chi connectivity index (χ1) is 16.1. The molecular weight excluding hydrogens is 434 g/mol. The molecule has 0 bridgehead atoms. The SMILES string of the molecule is CCOc1ccc(NC(=O)CC2C(=O)N(c3ccccc3)C(=S)N2Cc2ccccc2)cc1. The lowest BCUT2D eigenvalue weighted by atomic mass is 10.1. The Labute approximate surface area is 198 Å². The third kappa shape index (κ3) is 5.21. The number of thiocarbonyl (C=S) groups is 1. The molecular formula is C26H25N3O3S. The first-order valence-electron chi connectivity index (χ1n) is 10.8. The van der Waals surface area contributed by atoms with Crippen LogP contribution in [0.2, 0.25) is 0 Å². The fraction of sp³-hybridized carbons (Fsp3) is 0.192. The van der Waals surface area contributed by atoms with Crippen molar-refractivity contribution in [3.8, 4) is 5.75 Å². The van der Waals surface area contributed by atoms with Gasteiger partial charge in [0.15, 0.2) is 5.11 Å². The van der Waals surface area contributed by atoms with Gasteiger partial charge in [-0.1, -0.05) is 48.5 Å². The summed E-state index contributed by atoms with van der Waals surface area (Å²) in [5.74, 6) is 0.275. The van der Waals surface area contributed by atoms with Crippen molar-refractivity contribution in [3.63, 3.8) is 0 Å². The lowest BCUT2D eigenvalue weighted by Gasteiger charge is -2.24. The van der Waals surface area contributed by atoms with Crippen molar-refractivity contribution in [2.24, 2.45) is 0 Å². The molecule has 0 saturated carbocycles. The number of amides is 2. The Morgan fingerprint density at radius 3 is 2.24 bits per heavy atom. The maximum absolute atomic E-state index is 13.4. The largest absolute Gasteiger partial charge is 0.494 e. The highest BCUT2D eigenvalue weighted by Crippen LogP contribution is 2.29. The van der Waals surface area contributed by atoms with Crippen molar-refractivity contribution >= 4 is 40.5 Å². The molecule has 3 aromatic rings. The zero-order valence-corrected chi connectivity index (χ0v) is 19.1. The second kappa shape index (κ2) is 10.3. The van der Waals surface area contributed by atoms with Gasteiger partial charge in [-0.15, -0.1) is 0 Å². The van der Waals surface area contributed by atoms with Crippen LogP contribution in [0.25, 0.3) is 0 Å². The number of hydrogen-bond acceptors (Lipinski definition) is 4. The predicted molar refractivity (Wildman–Crippen MR) is 133 cm³/mol. The molecule has 2 amide bonds. The Balaban J connectivity index is 1.54. The summed E-state index contributed by atoms with van der Waals surface area (Å²) < 4.78 is 5.44. The summed E-state index contributed by atoms with van der Waals surface area (Å²) in [4.78, 5) is 29.7. The zero-order chi connectivity index (χ0) is 23.2. The van der Waals surface area contributed by atoms with Gasteiger partial charge in [-0.3, -0.25) is 14.5 Å². The Bertz CT molecular complexity index is 1120. The summed E-state index contributed by atoms with van der Waals surface area (Å²) in [5.41, 5.74) is 2.35. The summed E-state index contributed by atoms with van der Waals surface area (Å²) in [6.45, 7) is 2.93. The topological polar surface area (TPSA) is 61.9 Å². The van der Waals surface area contributed by atoms with Crippen molar-refractivity contribution in [1.82, 2.24) is 4.90 Å². The van der Waals surface area contributed by atoms with Crippen LogP contribution in [-0.4, -0.2) is 34.5 Å². The van der Waals surface area contributed by atoms with E-state index < -0.39 is 6.04 Å². The van der Waals surface area contributed by atoms with Gasteiger partial charge in [-0.2, -0.15) is 0 Å². The quantitative estimate of drug-likeness (QED) is 0.498. The molecule has 1 aliphatic heterocycles. The number of anilines is 2. The molecule has 0 radical (unpaired) electrons. The molecule has 1 unspecified atom stereocenters. The van der Waals surface area contributed by atoms with Gasteiger partial charge < -0.3 is 15.0 Å². The minimum Gasteiger partial charge on any atom is -0.494 e. The Morgan fingerprint density at radius 1 is 0.970 bits per heavy atom. The van der Waals surface area contributed by atoms with Crippen LogP contribution in [0.5, 0.6) is 5.75 Å². The van der Waals surface area contributed by atoms with Crippen LogP contribution in [0.4, 0.5) is 11.4 Å². The second-order valence-electron chi connectivity index (χ2n) is 7.63. The summed E-state index contributed by atoms with van der Waals surface area (Å²) in [7, 11) is 0. The van der Waals surface area contributed by atoms with Crippen LogP contribution in [-0.2, 0) is 16.1 Å². The van der Waals surface area contributed by atoms with E-state index >= 15 is 0 Å². The minimum atomic E-state index is -0.694. The van der Waals surface area contributed by atoms with E-state index in [1.54, 1.807) is 24.3 Å². The normalized spacial score (nSPS) is 15.6. The smallest absolute Gasteiger partial charge is 0.256 e. The molecule has 4 rings (SSSR count). The van der Waals surface area contributed by atoms with E-state index in [0.717, 1.165) is 11.3 Å². The highest BCUT2D eigenvalue weighted by Gasteiger charge is 2.44. The highest BCUT2D eigenvalue weighted by molar-refractivity contribution is 7.80. The van der Waals surface area contributed by atoms with Gasteiger partial charge in [-0.05, 0) is 61.1 Å². The van der Waals surface area contributed by atoms with Crippen LogP contribution in [0.3, 0.4) is 0 Å². The number of carbonyl (C=O) groups excluding carboxylic acids is 2. The lowest BCUT2D eigenvalue weighted by Crippen LogP contribution is -2.37. The molecule has 1 N–H and O–H groups in total. The van der Waals surface area contributed by atoms with Gasteiger partial charge in [0.25, 0.3) is 5.91 Å². The molecule has 0 aromatic heterocycles. The maximum Gasteiger partial charge on any atom is 0.256 e. The number of para-hydroxylation sites is 1. The van der Waals surface area contributed by atoms with Crippen molar-refractivity contribution in [3.05, 3.63) is 90.5 Å². The van der Waals surface area contributed by atoms with Crippen molar-refractivity contribution < 1.29 is 14.3 Å². The Kier molecular flexibility index (Phi) is 7.00. The van der Waals surface area contributed by atoms with E-state index in [1.807, 2.05) is 72.5 Å². The molecule has 1 saturated heterocycles. The predicted octanol–water partition coefficient (Wildman–Crippen LogP) is 4.62. The molecule has 0 spiro atoms. The second-order valence-corrected chi connectivity index (χ2v) is 8.00. The van der Waals surface area contributed by atoms with E-state index in [4.69, 9.17) is 17.0 Å². The zero-order valence-electron chi connectivity index (χ0n) is 18.3. The van der Waals surface area contributed by atoms with Crippen molar-refractivity contribution in [1.29, 1.82) is 0 Å². The van der Waals surface area contributed by atoms with Gasteiger partial charge in [0.05, 0.1) is 18.7 Å². The molecule has 0 aliphatic carbocycles. The lowest BCUT2D eigenvalue weighted by molar-refractivity contribution is -0.124. The van der Waals surface area contributed by atoms with Crippen LogP contribution in [0.15, 0.2) is 84.9 Å². The molecule has 168 valence electrons.